The van der Waals surface area contributed by atoms with Crippen molar-refractivity contribution in [1.29, 1.82) is 0 Å². The fourth-order valence-electron chi connectivity index (χ4n) is 3.74. The molecule has 1 aliphatic rings. The van der Waals surface area contributed by atoms with Crippen LogP contribution in [0.1, 0.15) is 29.1 Å². The van der Waals surface area contributed by atoms with Crippen molar-refractivity contribution in [3.05, 3.63) is 81.3 Å². The van der Waals surface area contributed by atoms with Crippen LogP contribution in [0.4, 0.5) is 5.69 Å². The van der Waals surface area contributed by atoms with Gasteiger partial charge in [0.25, 0.3) is 0 Å². The topological polar surface area (TPSA) is 28.2 Å². The molecule has 1 fully saturated rings. The average molecular weight is 398 g/mol. The molecule has 27 heavy (non-hydrogen) atoms. The van der Waals surface area contributed by atoms with Gasteiger partial charge in [-0.05, 0) is 43.5 Å². The molecule has 2 heterocycles. The van der Waals surface area contributed by atoms with E-state index in [0.717, 1.165) is 48.9 Å². The zero-order valence-electron chi connectivity index (χ0n) is 15.5. The molecule has 0 atom stereocenters. The highest BCUT2D eigenvalue weighted by atomic mass is 35.5. The van der Waals surface area contributed by atoms with E-state index >= 15 is 0 Å². The summed E-state index contributed by atoms with van der Waals surface area (Å²) in [6.45, 7) is 5.16. The van der Waals surface area contributed by atoms with Crippen molar-refractivity contribution in [3.63, 3.8) is 0 Å². The summed E-state index contributed by atoms with van der Waals surface area (Å²) in [5, 5.41) is 7.87. The van der Waals surface area contributed by atoms with Gasteiger partial charge in [0, 0.05) is 41.4 Å². The number of nitrogens with zero attached hydrogens (tertiary/aromatic N) is 2. The van der Waals surface area contributed by atoms with Gasteiger partial charge in [-0.3, -0.25) is 4.90 Å². The van der Waals surface area contributed by atoms with E-state index in [9.17, 15) is 0 Å². The third-order valence-corrected chi connectivity index (χ3v) is 6.59. The first-order valence-corrected chi connectivity index (χ1v) is 10.6. The Bertz CT molecular complexity index is 885. The van der Waals surface area contributed by atoms with Crippen LogP contribution in [-0.2, 0) is 12.1 Å². The number of aryl methyl sites for hydroxylation is 1. The van der Waals surface area contributed by atoms with Crippen LogP contribution in [0.3, 0.4) is 0 Å². The summed E-state index contributed by atoms with van der Waals surface area (Å²) in [5.74, 6) is 0. The molecular formula is C22H24ClN3S. The number of likely N-dealkylation sites (tertiary alicyclic amines) is 1. The Morgan fingerprint density at radius 3 is 2.56 bits per heavy atom. The lowest BCUT2D eigenvalue weighted by molar-refractivity contribution is 0.166. The normalized spacial score (nSPS) is 17.0. The van der Waals surface area contributed by atoms with Crippen LogP contribution in [0.15, 0.2) is 60.0 Å². The van der Waals surface area contributed by atoms with E-state index in [1.807, 2.05) is 18.2 Å². The van der Waals surface area contributed by atoms with Gasteiger partial charge in [0.1, 0.15) is 5.01 Å². The van der Waals surface area contributed by atoms with Crippen molar-refractivity contribution < 1.29 is 0 Å². The van der Waals surface area contributed by atoms with E-state index in [4.69, 9.17) is 16.6 Å². The number of rotatable bonds is 5. The molecule has 4 rings (SSSR count). The van der Waals surface area contributed by atoms with Gasteiger partial charge < -0.3 is 5.32 Å². The van der Waals surface area contributed by atoms with Gasteiger partial charge in [0.2, 0.25) is 0 Å². The van der Waals surface area contributed by atoms with Gasteiger partial charge in [0.05, 0.1) is 5.54 Å². The summed E-state index contributed by atoms with van der Waals surface area (Å²) in [7, 11) is 0. The Morgan fingerprint density at radius 2 is 1.89 bits per heavy atom. The SMILES string of the molecule is Cc1csc(C2(Nc3cccc(Cl)c3)CCN(Cc3ccccc3)CC2)n1. The zero-order chi connectivity index (χ0) is 18.7. The van der Waals surface area contributed by atoms with Gasteiger partial charge in [-0.25, -0.2) is 4.98 Å². The van der Waals surface area contributed by atoms with Crippen molar-refractivity contribution in [2.45, 2.75) is 31.8 Å². The molecule has 0 amide bonds. The number of anilines is 1. The molecule has 0 radical (unpaired) electrons. The van der Waals surface area contributed by atoms with Crippen LogP contribution in [0, 0.1) is 6.92 Å². The molecule has 1 aromatic heterocycles. The Morgan fingerprint density at radius 1 is 1.11 bits per heavy atom. The molecule has 140 valence electrons. The fraction of sp³-hybridized carbons (Fsp3) is 0.318. The summed E-state index contributed by atoms with van der Waals surface area (Å²) in [4.78, 5) is 7.37. The van der Waals surface area contributed by atoms with E-state index in [1.54, 1.807) is 11.3 Å². The van der Waals surface area contributed by atoms with Crippen LogP contribution in [-0.4, -0.2) is 23.0 Å². The highest BCUT2D eigenvalue weighted by molar-refractivity contribution is 7.09. The predicted molar refractivity (Wildman–Crippen MR) is 115 cm³/mol. The van der Waals surface area contributed by atoms with Crippen LogP contribution in [0.25, 0.3) is 0 Å². The molecule has 3 nitrogen and oxygen atoms in total. The highest BCUT2D eigenvalue weighted by Gasteiger charge is 2.38. The van der Waals surface area contributed by atoms with E-state index in [2.05, 4.69) is 58.9 Å². The van der Waals surface area contributed by atoms with Crippen LogP contribution in [0.2, 0.25) is 5.02 Å². The minimum Gasteiger partial charge on any atom is -0.373 e. The minimum absolute atomic E-state index is 0.128. The number of benzene rings is 2. The van der Waals surface area contributed by atoms with Crippen molar-refractivity contribution in [2.75, 3.05) is 18.4 Å². The first-order chi connectivity index (χ1) is 13.1. The second-order valence-electron chi connectivity index (χ2n) is 7.27. The van der Waals surface area contributed by atoms with E-state index < -0.39 is 0 Å². The summed E-state index contributed by atoms with van der Waals surface area (Å²) in [6, 6.07) is 18.7. The molecule has 0 saturated carbocycles. The van der Waals surface area contributed by atoms with E-state index in [1.165, 1.54) is 10.6 Å². The molecule has 3 aromatic rings. The standard InChI is InChI=1S/C22H24ClN3S/c1-17-16-27-21(24-17)22(25-20-9-5-8-19(23)14-20)10-12-26(13-11-22)15-18-6-3-2-4-7-18/h2-9,14,16,25H,10-13,15H2,1H3. The number of piperidine rings is 1. The molecule has 0 unspecified atom stereocenters. The molecule has 1 saturated heterocycles. The lowest BCUT2D eigenvalue weighted by atomic mass is 9.87. The molecule has 0 spiro atoms. The Labute approximate surface area is 170 Å². The minimum atomic E-state index is -0.128. The number of hydrogen-bond donors (Lipinski definition) is 1. The van der Waals surface area contributed by atoms with Gasteiger partial charge >= 0.3 is 0 Å². The molecule has 2 aromatic carbocycles. The summed E-state index contributed by atoms with van der Waals surface area (Å²) in [6.07, 6.45) is 2.05. The first kappa shape index (κ1) is 18.5. The first-order valence-electron chi connectivity index (χ1n) is 9.36. The number of aromatic nitrogens is 1. The molecule has 1 aliphatic heterocycles. The molecule has 0 bridgehead atoms. The summed E-state index contributed by atoms with van der Waals surface area (Å²) in [5.41, 5.74) is 3.40. The van der Waals surface area contributed by atoms with Crippen LogP contribution < -0.4 is 5.32 Å². The summed E-state index contributed by atoms with van der Waals surface area (Å²) >= 11 is 7.97. The molecule has 1 N–H and O–H groups in total. The van der Waals surface area contributed by atoms with Crippen molar-refractivity contribution >= 4 is 28.6 Å². The number of hydrogen-bond acceptors (Lipinski definition) is 4. The van der Waals surface area contributed by atoms with Gasteiger partial charge in [0.15, 0.2) is 0 Å². The Hall–Kier alpha value is -1.88. The smallest absolute Gasteiger partial charge is 0.118 e. The third kappa shape index (κ3) is 4.34. The maximum atomic E-state index is 6.21. The van der Waals surface area contributed by atoms with E-state index in [0.29, 0.717) is 0 Å². The Kier molecular flexibility index (Phi) is 5.48. The fourth-order valence-corrected chi connectivity index (χ4v) is 4.95. The quantitative estimate of drug-likeness (QED) is 0.597. The number of halogens is 1. The average Bonchev–Trinajstić information content (AvgIpc) is 3.12. The van der Waals surface area contributed by atoms with Crippen LogP contribution in [0.5, 0.6) is 0 Å². The third-order valence-electron chi connectivity index (χ3n) is 5.20. The lowest BCUT2D eigenvalue weighted by Crippen LogP contribution is -2.46. The second kappa shape index (κ2) is 8.01. The molecular weight excluding hydrogens is 374 g/mol. The Balaban J connectivity index is 1.53. The second-order valence-corrected chi connectivity index (χ2v) is 8.57. The lowest BCUT2D eigenvalue weighted by Gasteiger charge is -2.42. The highest BCUT2D eigenvalue weighted by Crippen LogP contribution is 2.38. The monoisotopic (exact) mass is 397 g/mol. The van der Waals surface area contributed by atoms with Crippen molar-refractivity contribution in [3.8, 4) is 0 Å². The van der Waals surface area contributed by atoms with Crippen LogP contribution >= 0.6 is 22.9 Å². The maximum Gasteiger partial charge on any atom is 0.118 e. The summed E-state index contributed by atoms with van der Waals surface area (Å²) < 4.78 is 0. The van der Waals surface area contributed by atoms with E-state index in [-0.39, 0.29) is 5.54 Å². The molecule has 5 heteroatoms. The van der Waals surface area contributed by atoms with Gasteiger partial charge in [-0.15, -0.1) is 11.3 Å². The largest absolute Gasteiger partial charge is 0.373 e. The van der Waals surface area contributed by atoms with Gasteiger partial charge in [-0.1, -0.05) is 48.0 Å². The maximum absolute atomic E-state index is 6.21. The van der Waals surface area contributed by atoms with Crippen molar-refractivity contribution in [2.24, 2.45) is 0 Å². The van der Waals surface area contributed by atoms with Crippen molar-refractivity contribution in [1.82, 2.24) is 9.88 Å². The number of nitrogens with one attached hydrogen (secondary N) is 1. The number of thiazole rings is 1. The molecule has 0 aliphatic carbocycles. The predicted octanol–water partition coefficient (Wildman–Crippen LogP) is 5.71. The van der Waals surface area contributed by atoms with Gasteiger partial charge in [-0.2, -0.15) is 0 Å². The zero-order valence-corrected chi connectivity index (χ0v) is 17.1.